The average Bonchev–Trinajstić information content (AvgIpc) is 3.00. The summed E-state index contributed by atoms with van der Waals surface area (Å²) in [6.45, 7) is 3.95. The van der Waals surface area contributed by atoms with Crippen LogP contribution in [0.25, 0.3) is 0 Å². The maximum absolute atomic E-state index is 12.6. The molecule has 2 amide bonds. The van der Waals surface area contributed by atoms with Gasteiger partial charge in [0.1, 0.15) is 0 Å². The van der Waals surface area contributed by atoms with Crippen molar-refractivity contribution in [1.29, 1.82) is 0 Å². The number of nitrogens with zero attached hydrogens (tertiary/aromatic N) is 2. The van der Waals surface area contributed by atoms with Gasteiger partial charge in [-0.15, -0.1) is 0 Å². The normalized spacial score (nSPS) is 17.2. The summed E-state index contributed by atoms with van der Waals surface area (Å²) in [4.78, 5) is 27.1. The van der Waals surface area contributed by atoms with Gasteiger partial charge in [0.25, 0.3) is 5.91 Å². The van der Waals surface area contributed by atoms with Gasteiger partial charge >= 0.3 is 0 Å². The number of hydrogen-bond donors (Lipinski definition) is 4. The Balaban J connectivity index is 1.31. The van der Waals surface area contributed by atoms with Crippen LogP contribution in [0.4, 0.5) is 11.4 Å². The molecule has 8 heteroatoms. The van der Waals surface area contributed by atoms with Gasteiger partial charge in [-0.1, -0.05) is 12.8 Å². The molecule has 0 bridgehead atoms. The molecule has 2 aromatic rings. The molecule has 29 heavy (non-hydrogen) atoms. The van der Waals surface area contributed by atoms with Crippen LogP contribution in [0.3, 0.4) is 0 Å². The lowest BCUT2D eigenvalue weighted by Crippen LogP contribution is -2.33. The van der Waals surface area contributed by atoms with Gasteiger partial charge in [0.05, 0.1) is 6.54 Å². The number of H-pyrrole nitrogens is 1. The van der Waals surface area contributed by atoms with Crippen LogP contribution in [0.1, 0.15) is 47.4 Å². The van der Waals surface area contributed by atoms with Gasteiger partial charge in [0.2, 0.25) is 5.91 Å². The van der Waals surface area contributed by atoms with Crippen LogP contribution in [0.5, 0.6) is 0 Å². The molecule has 1 aromatic carbocycles. The molecule has 8 nitrogen and oxygen atoms in total. The molecule has 4 N–H and O–H groups in total. The van der Waals surface area contributed by atoms with Gasteiger partial charge in [-0.2, -0.15) is 5.10 Å². The minimum absolute atomic E-state index is 0.000615. The highest BCUT2D eigenvalue weighted by Crippen LogP contribution is 2.19. The number of likely N-dealkylation sites (tertiary alicyclic amines) is 1. The zero-order valence-electron chi connectivity index (χ0n) is 16.6. The molecule has 0 aliphatic carbocycles. The molecule has 0 radical (unpaired) electrons. The van der Waals surface area contributed by atoms with E-state index in [9.17, 15) is 9.59 Å². The van der Waals surface area contributed by atoms with Crippen LogP contribution in [0.15, 0.2) is 24.3 Å². The number of nitrogens with one attached hydrogen (secondary N) is 4. The largest absolute Gasteiger partial charge is 0.325 e. The van der Waals surface area contributed by atoms with E-state index in [2.05, 4.69) is 31.0 Å². The summed E-state index contributed by atoms with van der Waals surface area (Å²) < 4.78 is 0. The molecule has 0 unspecified atom stereocenters. The average molecular weight is 396 g/mol. The van der Waals surface area contributed by atoms with Crippen molar-refractivity contribution in [3.05, 3.63) is 41.2 Å². The van der Waals surface area contributed by atoms with Gasteiger partial charge < -0.3 is 16.0 Å². The SMILES string of the molecule is O=C(CN1CCCCCC1)Nc1ccc(NC(=O)c2n[nH]c3c2CNCC3)cc1. The van der Waals surface area contributed by atoms with Crippen molar-refractivity contribution in [2.75, 3.05) is 36.8 Å². The van der Waals surface area contributed by atoms with E-state index in [4.69, 9.17) is 0 Å². The molecule has 1 aromatic heterocycles. The van der Waals surface area contributed by atoms with Crippen molar-refractivity contribution < 1.29 is 9.59 Å². The third kappa shape index (κ3) is 5.02. The number of rotatable bonds is 5. The van der Waals surface area contributed by atoms with Crippen molar-refractivity contribution in [1.82, 2.24) is 20.4 Å². The topological polar surface area (TPSA) is 102 Å². The number of carbonyl (C=O) groups excluding carboxylic acids is 2. The number of anilines is 2. The molecule has 0 atom stereocenters. The van der Waals surface area contributed by atoms with Crippen molar-refractivity contribution in [3.8, 4) is 0 Å². The lowest BCUT2D eigenvalue weighted by molar-refractivity contribution is -0.117. The summed E-state index contributed by atoms with van der Waals surface area (Å²) in [5.74, 6) is -0.233. The van der Waals surface area contributed by atoms with Crippen molar-refractivity contribution >= 4 is 23.2 Å². The lowest BCUT2D eigenvalue weighted by atomic mass is 10.1. The Morgan fingerprint density at radius 1 is 1.00 bits per heavy atom. The molecule has 0 spiro atoms. The van der Waals surface area contributed by atoms with E-state index >= 15 is 0 Å². The highest BCUT2D eigenvalue weighted by molar-refractivity contribution is 6.04. The number of amides is 2. The summed E-state index contributed by atoms with van der Waals surface area (Å²) in [5, 5.41) is 16.2. The van der Waals surface area contributed by atoms with Gasteiger partial charge in [0.15, 0.2) is 5.69 Å². The summed E-state index contributed by atoms with van der Waals surface area (Å²) in [6.07, 6.45) is 5.68. The fraction of sp³-hybridized carbons (Fsp3) is 0.476. The molecule has 4 rings (SSSR count). The second kappa shape index (κ2) is 9.19. The van der Waals surface area contributed by atoms with E-state index in [1.807, 2.05) is 0 Å². The Bertz CT molecular complexity index is 853. The van der Waals surface area contributed by atoms with Crippen LogP contribution in [0.2, 0.25) is 0 Å². The van der Waals surface area contributed by atoms with E-state index in [0.29, 0.717) is 24.5 Å². The molecule has 154 valence electrons. The Labute approximate surface area is 170 Å². The number of benzene rings is 1. The maximum atomic E-state index is 12.6. The van der Waals surface area contributed by atoms with Crippen LogP contribution in [-0.2, 0) is 17.8 Å². The summed E-state index contributed by atoms with van der Waals surface area (Å²) in [5.41, 5.74) is 3.79. The smallest absolute Gasteiger partial charge is 0.276 e. The van der Waals surface area contributed by atoms with E-state index in [1.165, 1.54) is 12.8 Å². The van der Waals surface area contributed by atoms with Gasteiger partial charge in [-0.25, -0.2) is 0 Å². The second-order valence-corrected chi connectivity index (χ2v) is 7.73. The predicted octanol–water partition coefficient (Wildman–Crippen LogP) is 2.12. The first-order chi connectivity index (χ1) is 14.2. The zero-order chi connectivity index (χ0) is 20.1. The Morgan fingerprint density at radius 3 is 2.41 bits per heavy atom. The first-order valence-electron chi connectivity index (χ1n) is 10.4. The Kier molecular flexibility index (Phi) is 6.21. The van der Waals surface area contributed by atoms with Crippen LogP contribution >= 0.6 is 0 Å². The zero-order valence-corrected chi connectivity index (χ0v) is 16.6. The predicted molar refractivity (Wildman–Crippen MR) is 112 cm³/mol. The highest BCUT2D eigenvalue weighted by Gasteiger charge is 2.21. The fourth-order valence-corrected chi connectivity index (χ4v) is 3.94. The number of aromatic amines is 1. The number of fused-ring (bicyclic) bond motifs is 1. The molecular formula is C21H28N6O2. The van der Waals surface area contributed by atoms with Crippen LogP contribution in [-0.4, -0.2) is 53.1 Å². The Morgan fingerprint density at radius 2 is 1.69 bits per heavy atom. The fourth-order valence-electron chi connectivity index (χ4n) is 3.94. The maximum Gasteiger partial charge on any atom is 0.276 e. The highest BCUT2D eigenvalue weighted by atomic mass is 16.2. The standard InChI is InChI=1S/C21H28N6O2/c28-19(14-27-11-3-1-2-4-12-27)23-15-5-7-16(8-6-15)24-21(29)20-17-13-22-10-9-18(17)25-26-20/h5-8,22H,1-4,9-14H2,(H,23,28)(H,24,29)(H,25,26). The minimum Gasteiger partial charge on any atom is -0.325 e. The molecule has 2 aliphatic rings. The molecule has 0 saturated carbocycles. The first-order valence-corrected chi connectivity index (χ1v) is 10.4. The van der Waals surface area contributed by atoms with E-state index < -0.39 is 0 Å². The van der Waals surface area contributed by atoms with Crippen molar-refractivity contribution in [3.63, 3.8) is 0 Å². The van der Waals surface area contributed by atoms with E-state index in [0.717, 1.165) is 55.8 Å². The summed E-state index contributed by atoms with van der Waals surface area (Å²) in [7, 11) is 0. The van der Waals surface area contributed by atoms with Crippen LogP contribution in [0, 0.1) is 0 Å². The quantitative estimate of drug-likeness (QED) is 0.620. The van der Waals surface area contributed by atoms with E-state index in [-0.39, 0.29) is 11.8 Å². The van der Waals surface area contributed by atoms with Gasteiger partial charge in [0, 0.05) is 42.1 Å². The summed E-state index contributed by atoms with van der Waals surface area (Å²) >= 11 is 0. The monoisotopic (exact) mass is 396 g/mol. The number of hydrogen-bond acceptors (Lipinski definition) is 5. The number of aromatic nitrogens is 2. The molecule has 2 aliphatic heterocycles. The van der Waals surface area contributed by atoms with Crippen molar-refractivity contribution in [2.24, 2.45) is 0 Å². The minimum atomic E-state index is -0.232. The van der Waals surface area contributed by atoms with Crippen LogP contribution < -0.4 is 16.0 Å². The lowest BCUT2D eigenvalue weighted by Gasteiger charge is -2.19. The summed E-state index contributed by atoms with van der Waals surface area (Å²) in [6, 6.07) is 7.18. The van der Waals surface area contributed by atoms with Gasteiger partial charge in [-0.3, -0.25) is 19.6 Å². The number of carbonyl (C=O) groups is 2. The third-order valence-corrected chi connectivity index (χ3v) is 5.51. The van der Waals surface area contributed by atoms with Crippen molar-refractivity contribution in [2.45, 2.75) is 38.6 Å². The molecule has 1 saturated heterocycles. The first kappa shape index (κ1) is 19.6. The molecule has 3 heterocycles. The molecule has 1 fully saturated rings. The molecular weight excluding hydrogens is 368 g/mol. The van der Waals surface area contributed by atoms with E-state index in [1.54, 1.807) is 24.3 Å². The van der Waals surface area contributed by atoms with Gasteiger partial charge in [-0.05, 0) is 50.2 Å². The Hall–Kier alpha value is -2.71. The third-order valence-electron chi connectivity index (χ3n) is 5.51. The second-order valence-electron chi connectivity index (χ2n) is 7.73.